The molecule has 0 aliphatic carbocycles. The first kappa shape index (κ1) is 13.9. The highest BCUT2D eigenvalue weighted by molar-refractivity contribution is 5.91. The van der Waals surface area contributed by atoms with Crippen molar-refractivity contribution in [2.75, 3.05) is 19.6 Å². The van der Waals surface area contributed by atoms with E-state index in [1.165, 1.54) is 5.56 Å². The minimum Gasteiger partial charge on any atom is -0.459 e. The second-order valence-electron chi connectivity index (χ2n) is 5.42. The van der Waals surface area contributed by atoms with E-state index in [2.05, 4.69) is 29.6 Å². The normalized spacial score (nSPS) is 19.2. The van der Waals surface area contributed by atoms with Crippen LogP contribution >= 0.6 is 0 Å². The molecule has 1 saturated heterocycles. The van der Waals surface area contributed by atoms with Crippen LogP contribution in [0, 0.1) is 0 Å². The predicted octanol–water partition coefficient (Wildman–Crippen LogP) is 2.33. The van der Waals surface area contributed by atoms with Crippen molar-refractivity contribution in [1.82, 2.24) is 10.2 Å². The summed E-state index contributed by atoms with van der Waals surface area (Å²) < 4.78 is 5.23. The van der Waals surface area contributed by atoms with Crippen LogP contribution in [0.1, 0.15) is 22.5 Å². The van der Waals surface area contributed by atoms with Gasteiger partial charge in [0.05, 0.1) is 6.26 Å². The van der Waals surface area contributed by atoms with Gasteiger partial charge in [0.15, 0.2) is 5.76 Å². The molecule has 1 aromatic heterocycles. The fourth-order valence-electron chi connectivity index (χ4n) is 2.77. The van der Waals surface area contributed by atoms with E-state index >= 15 is 0 Å². The smallest absolute Gasteiger partial charge is 0.289 e. The largest absolute Gasteiger partial charge is 0.459 e. The Labute approximate surface area is 124 Å². The molecule has 1 atom stereocenters. The van der Waals surface area contributed by atoms with E-state index in [-0.39, 0.29) is 11.9 Å². The zero-order valence-electron chi connectivity index (χ0n) is 12.0. The number of carbonyl (C=O) groups excluding carboxylic acids is 1. The van der Waals surface area contributed by atoms with Gasteiger partial charge in [0.2, 0.25) is 0 Å². The van der Waals surface area contributed by atoms with E-state index in [1.807, 2.05) is 11.0 Å². The Morgan fingerprint density at radius 3 is 2.86 bits per heavy atom. The van der Waals surface area contributed by atoms with Gasteiger partial charge in [-0.2, -0.15) is 0 Å². The van der Waals surface area contributed by atoms with E-state index in [0.717, 1.165) is 25.9 Å². The monoisotopic (exact) mass is 284 g/mol. The molecule has 4 heteroatoms. The van der Waals surface area contributed by atoms with Crippen molar-refractivity contribution in [3.8, 4) is 0 Å². The summed E-state index contributed by atoms with van der Waals surface area (Å²) in [6.07, 6.45) is 3.45. The number of rotatable bonds is 3. The van der Waals surface area contributed by atoms with Crippen molar-refractivity contribution < 1.29 is 9.21 Å². The van der Waals surface area contributed by atoms with Crippen LogP contribution in [0.25, 0.3) is 0 Å². The molecule has 0 spiro atoms. The topological polar surface area (TPSA) is 45.5 Å². The third-order valence-corrected chi connectivity index (χ3v) is 3.82. The molecule has 1 amide bonds. The Balaban J connectivity index is 1.67. The Kier molecular flexibility index (Phi) is 4.36. The van der Waals surface area contributed by atoms with Gasteiger partial charge < -0.3 is 14.6 Å². The van der Waals surface area contributed by atoms with Crippen molar-refractivity contribution in [2.24, 2.45) is 0 Å². The molecule has 3 rings (SSSR count). The van der Waals surface area contributed by atoms with E-state index in [4.69, 9.17) is 4.42 Å². The second kappa shape index (κ2) is 6.59. The highest BCUT2D eigenvalue weighted by Crippen LogP contribution is 2.12. The molecular formula is C17H20N2O2. The van der Waals surface area contributed by atoms with Crippen LogP contribution in [-0.2, 0) is 6.42 Å². The third kappa shape index (κ3) is 3.52. The van der Waals surface area contributed by atoms with E-state index < -0.39 is 0 Å². The standard InChI is InChI=1S/C17H20N2O2/c20-17(16-8-4-11-21-16)19-10-5-9-18-15(13-19)12-14-6-2-1-3-7-14/h1-4,6-8,11,15,18H,5,9-10,12-13H2. The first-order chi connectivity index (χ1) is 10.3. The summed E-state index contributed by atoms with van der Waals surface area (Å²) in [5.41, 5.74) is 1.29. The SMILES string of the molecule is O=C(c1ccco1)N1CCCNC(Cc2ccccc2)C1. The van der Waals surface area contributed by atoms with Crippen LogP contribution in [-0.4, -0.2) is 36.5 Å². The Morgan fingerprint density at radius 1 is 1.24 bits per heavy atom. The van der Waals surface area contributed by atoms with Crippen LogP contribution < -0.4 is 5.32 Å². The van der Waals surface area contributed by atoms with Gasteiger partial charge in [-0.25, -0.2) is 0 Å². The number of furan rings is 1. The third-order valence-electron chi connectivity index (χ3n) is 3.82. The zero-order chi connectivity index (χ0) is 14.5. The van der Waals surface area contributed by atoms with Gasteiger partial charge in [-0.3, -0.25) is 4.79 Å². The van der Waals surface area contributed by atoms with Crippen molar-refractivity contribution in [1.29, 1.82) is 0 Å². The maximum atomic E-state index is 12.4. The van der Waals surface area contributed by atoms with Gasteiger partial charge in [0.25, 0.3) is 5.91 Å². The molecule has 0 saturated carbocycles. The summed E-state index contributed by atoms with van der Waals surface area (Å²) in [5, 5.41) is 3.54. The average Bonchev–Trinajstić information content (AvgIpc) is 2.95. The lowest BCUT2D eigenvalue weighted by Crippen LogP contribution is -2.41. The zero-order valence-corrected chi connectivity index (χ0v) is 12.0. The molecule has 0 radical (unpaired) electrons. The number of carbonyl (C=O) groups is 1. The van der Waals surface area contributed by atoms with Crippen LogP contribution in [0.4, 0.5) is 0 Å². The molecule has 1 unspecified atom stereocenters. The van der Waals surface area contributed by atoms with Crippen LogP contribution in [0.2, 0.25) is 0 Å². The first-order valence-corrected chi connectivity index (χ1v) is 7.43. The van der Waals surface area contributed by atoms with Crippen LogP contribution in [0.5, 0.6) is 0 Å². The van der Waals surface area contributed by atoms with Crippen molar-refractivity contribution in [2.45, 2.75) is 18.9 Å². The van der Waals surface area contributed by atoms with Crippen molar-refractivity contribution in [3.05, 3.63) is 60.1 Å². The van der Waals surface area contributed by atoms with E-state index in [9.17, 15) is 4.79 Å². The molecule has 2 aromatic rings. The molecule has 21 heavy (non-hydrogen) atoms. The van der Waals surface area contributed by atoms with Gasteiger partial charge in [-0.15, -0.1) is 0 Å². The maximum absolute atomic E-state index is 12.4. The summed E-state index contributed by atoms with van der Waals surface area (Å²) >= 11 is 0. The lowest BCUT2D eigenvalue weighted by molar-refractivity contribution is 0.0721. The highest BCUT2D eigenvalue weighted by Gasteiger charge is 2.24. The number of nitrogens with zero attached hydrogens (tertiary/aromatic N) is 1. The van der Waals surface area contributed by atoms with Crippen molar-refractivity contribution in [3.63, 3.8) is 0 Å². The van der Waals surface area contributed by atoms with Gasteiger partial charge in [0, 0.05) is 19.1 Å². The molecule has 0 bridgehead atoms. The molecule has 1 N–H and O–H groups in total. The van der Waals surface area contributed by atoms with Gasteiger partial charge in [-0.05, 0) is 37.1 Å². The number of amides is 1. The maximum Gasteiger partial charge on any atom is 0.289 e. The lowest BCUT2D eigenvalue weighted by Gasteiger charge is -2.24. The number of nitrogens with one attached hydrogen (secondary N) is 1. The Morgan fingerprint density at radius 2 is 2.10 bits per heavy atom. The number of hydrogen-bond acceptors (Lipinski definition) is 3. The molecule has 1 aliphatic rings. The average molecular weight is 284 g/mol. The van der Waals surface area contributed by atoms with Gasteiger partial charge in [0.1, 0.15) is 0 Å². The molecule has 110 valence electrons. The van der Waals surface area contributed by atoms with Gasteiger partial charge >= 0.3 is 0 Å². The van der Waals surface area contributed by atoms with Crippen molar-refractivity contribution >= 4 is 5.91 Å². The molecular weight excluding hydrogens is 264 g/mol. The van der Waals surface area contributed by atoms with E-state index in [0.29, 0.717) is 12.3 Å². The summed E-state index contributed by atoms with van der Waals surface area (Å²) in [7, 11) is 0. The van der Waals surface area contributed by atoms with Crippen LogP contribution in [0.15, 0.2) is 53.1 Å². The molecule has 2 heterocycles. The lowest BCUT2D eigenvalue weighted by atomic mass is 10.1. The summed E-state index contributed by atoms with van der Waals surface area (Å²) in [4.78, 5) is 14.3. The molecule has 1 aliphatic heterocycles. The fourth-order valence-corrected chi connectivity index (χ4v) is 2.77. The molecule has 1 aromatic carbocycles. The second-order valence-corrected chi connectivity index (χ2v) is 5.42. The Hall–Kier alpha value is -2.07. The Bertz CT molecular complexity index is 566. The highest BCUT2D eigenvalue weighted by atomic mass is 16.3. The van der Waals surface area contributed by atoms with Crippen LogP contribution in [0.3, 0.4) is 0 Å². The number of hydrogen-bond donors (Lipinski definition) is 1. The minimum absolute atomic E-state index is 0.0123. The number of benzene rings is 1. The summed E-state index contributed by atoms with van der Waals surface area (Å²) in [6, 6.07) is 14.2. The van der Waals surface area contributed by atoms with Gasteiger partial charge in [-0.1, -0.05) is 30.3 Å². The molecule has 1 fully saturated rings. The minimum atomic E-state index is -0.0123. The summed E-state index contributed by atoms with van der Waals surface area (Å²) in [5.74, 6) is 0.414. The quantitative estimate of drug-likeness (QED) is 0.941. The van der Waals surface area contributed by atoms with E-state index in [1.54, 1.807) is 18.4 Å². The molecule has 4 nitrogen and oxygen atoms in total. The predicted molar refractivity (Wildman–Crippen MR) is 81.2 cm³/mol. The fraction of sp³-hybridized carbons (Fsp3) is 0.353. The first-order valence-electron chi connectivity index (χ1n) is 7.43. The summed E-state index contributed by atoms with van der Waals surface area (Å²) in [6.45, 7) is 2.44.